The fourth-order valence-electron chi connectivity index (χ4n) is 1.73. The monoisotopic (exact) mass is 211 g/mol. The summed E-state index contributed by atoms with van der Waals surface area (Å²) in [5, 5.41) is 3.38. The number of rotatable bonds is 5. The fourth-order valence-corrected chi connectivity index (χ4v) is 2.63. The third kappa shape index (κ3) is 3.43. The van der Waals surface area contributed by atoms with Crippen molar-refractivity contribution in [1.82, 2.24) is 5.32 Å². The van der Waals surface area contributed by atoms with Crippen LogP contribution in [-0.2, 0) is 6.42 Å². The van der Waals surface area contributed by atoms with Gasteiger partial charge in [0.1, 0.15) is 0 Å². The SMILES string of the molecule is CNC(CCc1ccc(C)s1)C(C)C. The summed E-state index contributed by atoms with van der Waals surface area (Å²) in [5.74, 6) is 0.723. The van der Waals surface area contributed by atoms with Crippen molar-refractivity contribution in [2.75, 3.05) is 7.05 Å². The molecule has 0 saturated heterocycles. The van der Waals surface area contributed by atoms with Gasteiger partial charge in [-0.15, -0.1) is 11.3 Å². The highest BCUT2D eigenvalue weighted by molar-refractivity contribution is 7.11. The van der Waals surface area contributed by atoms with Crippen LogP contribution in [0, 0.1) is 12.8 Å². The molecule has 80 valence electrons. The minimum absolute atomic E-state index is 0.650. The van der Waals surface area contributed by atoms with Crippen molar-refractivity contribution in [3.05, 3.63) is 21.9 Å². The average Bonchev–Trinajstić information content (AvgIpc) is 2.52. The second kappa shape index (κ2) is 5.52. The number of thiophene rings is 1. The number of aryl methyl sites for hydroxylation is 2. The molecule has 0 aromatic carbocycles. The highest BCUT2D eigenvalue weighted by Crippen LogP contribution is 2.18. The van der Waals surface area contributed by atoms with E-state index in [2.05, 4.69) is 45.3 Å². The van der Waals surface area contributed by atoms with Gasteiger partial charge in [-0.05, 0) is 44.9 Å². The van der Waals surface area contributed by atoms with Crippen LogP contribution >= 0.6 is 11.3 Å². The Balaban J connectivity index is 2.39. The lowest BCUT2D eigenvalue weighted by Crippen LogP contribution is -2.30. The van der Waals surface area contributed by atoms with Crippen LogP contribution in [-0.4, -0.2) is 13.1 Å². The van der Waals surface area contributed by atoms with Crippen LogP contribution < -0.4 is 5.32 Å². The summed E-state index contributed by atoms with van der Waals surface area (Å²) in [4.78, 5) is 2.94. The van der Waals surface area contributed by atoms with Crippen LogP contribution in [0.3, 0.4) is 0 Å². The molecule has 0 amide bonds. The smallest absolute Gasteiger partial charge is 0.00905 e. The Morgan fingerprint density at radius 1 is 1.36 bits per heavy atom. The van der Waals surface area contributed by atoms with E-state index in [0.29, 0.717) is 6.04 Å². The van der Waals surface area contributed by atoms with E-state index in [4.69, 9.17) is 0 Å². The maximum Gasteiger partial charge on any atom is 0.00905 e. The highest BCUT2D eigenvalue weighted by Gasteiger charge is 2.10. The molecule has 0 bridgehead atoms. The normalized spacial score (nSPS) is 13.5. The van der Waals surface area contributed by atoms with Gasteiger partial charge in [0.05, 0.1) is 0 Å². The minimum Gasteiger partial charge on any atom is -0.317 e. The predicted octanol–water partition coefficient (Wildman–Crippen LogP) is 3.23. The Bertz CT molecular complexity index is 265. The van der Waals surface area contributed by atoms with Crippen molar-refractivity contribution in [3.63, 3.8) is 0 Å². The van der Waals surface area contributed by atoms with Gasteiger partial charge in [0.15, 0.2) is 0 Å². The van der Waals surface area contributed by atoms with Crippen LogP contribution in [0.15, 0.2) is 12.1 Å². The van der Waals surface area contributed by atoms with Crippen LogP contribution in [0.2, 0.25) is 0 Å². The zero-order valence-corrected chi connectivity index (χ0v) is 10.4. The molecule has 0 aliphatic heterocycles. The zero-order chi connectivity index (χ0) is 10.6. The topological polar surface area (TPSA) is 12.0 Å². The molecule has 0 saturated carbocycles. The van der Waals surface area contributed by atoms with Crippen molar-refractivity contribution < 1.29 is 0 Å². The van der Waals surface area contributed by atoms with Crippen molar-refractivity contribution in [2.45, 2.75) is 39.7 Å². The van der Waals surface area contributed by atoms with Crippen molar-refractivity contribution >= 4 is 11.3 Å². The molecule has 1 nitrogen and oxygen atoms in total. The molecule has 2 heteroatoms. The quantitative estimate of drug-likeness (QED) is 0.788. The average molecular weight is 211 g/mol. The van der Waals surface area contributed by atoms with E-state index in [1.165, 1.54) is 22.6 Å². The second-order valence-electron chi connectivity index (χ2n) is 4.19. The molecule has 14 heavy (non-hydrogen) atoms. The molecule has 1 N–H and O–H groups in total. The van der Waals surface area contributed by atoms with E-state index >= 15 is 0 Å². The van der Waals surface area contributed by atoms with E-state index in [1.54, 1.807) is 0 Å². The van der Waals surface area contributed by atoms with E-state index in [9.17, 15) is 0 Å². The van der Waals surface area contributed by atoms with E-state index in [0.717, 1.165) is 5.92 Å². The lowest BCUT2D eigenvalue weighted by molar-refractivity contribution is 0.404. The number of hydrogen-bond donors (Lipinski definition) is 1. The summed E-state index contributed by atoms with van der Waals surface area (Å²) in [6.07, 6.45) is 2.45. The molecule has 0 aliphatic rings. The summed E-state index contributed by atoms with van der Waals surface area (Å²) < 4.78 is 0. The van der Waals surface area contributed by atoms with Gasteiger partial charge in [0, 0.05) is 15.8 Å². The van der Waals surface area contributed by atoms with Crippen LogP contribution in [0.4, 0.5) is 0 Å². The van der Waals surface area contributed by atoms with Crippen molar-refractivity contribution in [2.24, 2.45) is 5.92 Å². The molecule has 1 aromatic rings. The Labute approximate surface area is 91.5 Å². The zero-order valence-electron chi connectivity index (χ0n) is 9.63. The third-order valence-corrected chi connectivity index (χ3v) is 3.73. The molecule has 1 rings (SSSR count). The Kier molecular flexibility index (Phi) is 4.63. The molecule has 0 fully saturated rings. The van der Waals surface area contributed by atoms with Gasteiger partial charge in [0.2, 0.25) is 0 Å². The molecule has 0 spiro atoms. The van der Waals surface area contributed by atoms with Gasteiger partial charge in [0.25, 0.3) is 0 Å². The molecule has 1 aromatic heterocycles. The van der Waals surface area contributed by atoms with E-state index < -0.39 is 0 Å². The molecule has 0 radical (unpaired) electrons. The first-order chi connectivity index (χ1) is 6.63. The van der Waals surface area contributed by atoms with Crippen LogP contribution in [0.25, 0.3) is 0 Å². The standard InChI is InChI=1S/C12H21NS/c1-9(2)12(13-4)8-7-11-6-5-10(3)14-11/h5-6,9,12-13H,7-8H2,1-4H3. The molecule has 1 unspecified atom stereocenters. The second-order valence-corrected chi connectivity index (χ2v) is 5.56. The Morgan fingerprint density at radius 2 is 2.07 bits per heavy atom. The first-order valence-electron chi connectivity index (χ1n) is 5.36. The van der Waals surface area contributed by atoms with Gasteiger partial charge >= 0.3 is 0 Å². The Morgan fingerprint density at radius 3 is 2.50 bits per heavy atom. The summed E-state index contributed by atoms with van der Waals surface area (Å²) in [7, 11) is 2.06. The molecule has 1 heterocycles. The first kappa shape index (κ1) is 11.7. The van der Waals surface area contributed by atoms with Gasteiger partial charge in [-0.3, -0.25) is 0 Å². The van der Waals surface area contributed by atoms with Crippen LogP contribution in [0.1, 0.15) is 30.0 Å². The van der Waals surface area contributed by atoms with E-state index in [1.807, 2.05) is 11.3 Å². The van der Waals surface area contributed by atoms with Gasteiger partial charge in [-0.2, -0.15) is 0 Å². The largest absolute Gasteiger partial charge is 0.317 e. The number of hydrogen-bond acceptors (Lipinski definition) is 2. The minimum atomic E-state index is 0.650. The fraction of sp³-hybridized carbons (Fsp3) is 0.667. The van der Waals surface area contributed by atoms with Gasteiger partial charge in [-0.25, -0.2) is 0 Å². The van der Waals surface area contributed by atoms with Gasteiger partial charge < -0.3 is 5.32 Å². The van der Waals surface area contributed by atoms with Crippen molar-refractivity contribution in [3.8, 4) is 0 Å². The molecule has 1 atom stereocenters. The first-order valence-corrected chi connectivity index (χ1v) is 6.17. The summed E-state index contributed by atoms with van der Waals surface area (Å²) >= 11 is 1.92. The highest BCUT2D eigenvalue weighted by atomic mass is 32.1. The maximum atomic E-state index is 3.38. The predicted molar refractivity (Wildman–Crippen MR) is 65.1 cm³/mol. The number of nitrogens with one attached hydrogen (secondary N) is 1. The van der Waals surface area contributed by atoms with E-state index in [-0.39, 0.29) is 0 Å². The Hall–Kier alpha value is -0.340. The van der Waals surface area contributed by atoms with Crippen LogP contribution in [0.5, 0.6) is 0 Å². The molecular weight excluding hydrogens is 190 g/mol. The maximum absolute atomic E-state index is 3.38. The third-order valence-electron chi connectivity index (χ3n) is 2.67. The molecular formula is C12H21NS. The summed E-state index contributed by atoms with van der Waals surface area (Å²) in [6.45, 7) is 6.73. The van der Waals surface area contributed by atoms with Gasteiger partial charge in [-0.1, -0.05) is 13.8 Å². The lowest BCUT2D eigenvalue weighted by atomic mass is 9.99. The summed E-state index contributed by atoms with van der Waals surface area (Å²) in [5.41, 5.74) is 0. The lowest BCUT2D eigenvalue weighted by Gasteiger charge is -2.19. The van der Waals surface area contributed by atoms with Crippen molar-refractivity contribution in [1.29, 1.82) is 0 Å². The molecule has 0 aliphatic carbocycles. The summed E-state index contributed by atoms with van der Waals surface area (Å²) in [6, 6.07) is 5.12.